The number of hydrogen-bond donors (Lipinski definition) is 2. The third-order valence-electron chi connectivity index (χ3n) is 8.36. The summed E-state index contributed by atoms with van der Waals surface area (Å²) in [4.78, 5) is 13.6. The SMILES string of the molecule is Cc1ccc([PH](CCC(=O)NC2CC(C)(C)N(O)C(C)(C)C2)(c2ccc(C)cc2)c2ccc(C)cc2)cc1. The van der Waals surface area contributed by atoms with Gasteiger partial charge in [-0.15, -0.1) is 0 Å². The Balaban J connectivity index is 1.69. The van der Waals surface area contributed by atoms with Gasteiger partial charge in [0, 0.05) is 0 Å². The van der Waals surface area contributed by atoms with Gasteiger partial charge >= 0.3 is 230 Å². The van der Waals surface area contributed by atoms with Crippen molar-refractivity contribution in [2.24, 2.45) is 0 Å². The van der Waals surface area contributed by atoms with Gasteiger partial charge in [-0.25, -0.2) is 0 Å². The number of piperidine rings is 1. The van der Waals surface area contributed by atoms with Gasteiger partial charge in [-0.05, 0) is 0 Å². The fourth-order valence-electron chi connectivity index (χ4n) is 6.42. The first-order valence-electron chi connectivity index (χ1n) is 13.8. The summed E-state index contributed by atoms with van der Waals surface area (Å²) in [6, 6.07) is 26.9. The number of aryl methyl sites for hydroxylation is 3. The summed E-state index contributed by atoms with van der Waals surface area (Å²) >= 11 is 0. The van der Waals surface area contributed by atoms with Crippen molar-refractivity contribution in [1.29, 1.82) is 0 Å². The molecule has 0 radical (unpaired) electrons. The molecule has 0 bridgehead atoms. The van der Waals surface area contributed by atoms with E-state index in [9.17, 15) is 10.0 Å². The topological polar surface area (TPSA) is 52.6 Å². The summed E-state index contributed by atoms with van der Waals surface area (Å²) in [5.74, 6) is 0.0937. The third-order valence-corrected chi connectivity index (χ3v) is 13.3. The number of carbonyl (C=O) groups is 1. The summed E-state index contributed by atoms with van der Waals surface area (Å²) in [6.07, 6.45) is 2.69. The summed E-state index contributed by atoms with van der Waals surface area (Å²) in [6.45, 7) is 14.5. The second kappa shape index (κ2) is 10.9. The summed E-state index contributed by atoms with van der Waals surface area (Å²) < 4.78 is 0. The van der Waals surface area contributed by atoms with E-state index >= 15 is 0 Å². The zero-order chi connectivity index (χ0) is 27.7. The number of hydrogen-bond acceptors (Lipinski definition) is 3. The first kappa shape index (κ1) is 28.5. The number of nitrogens with zero attached hydrogens (tertiary/aromatic N) is 1. The Morgan fingerprint density at radius 1 is 0.763 bits per heavy atom. The van der Waals surface area contributed by atoms with Crippen LogP contribution in [0.4, 0.5) is 0 Å². The van der Waals surface area contributed by atoms with Crippen LogP contribution in [-0.4, -0.2) is 39.5 Å². The molecule has 204 valence electrons. The molecule has 3 aromatic carbocycles. The average Bonchev–Trinajstić information content (AvgIpc) is 2.85. The molecule has 0 unspecified atom stereocenters. The first-order chi connectivity index (χ1) is 17.8. The van der Waals surface area contributed by atoms with Crippen LogP contribution in [0.2, 0.25) is 0 Å². The van der Waals surface area contributed by atoms with Crippen LogP contribution in [0.5, 0.6) is 0 Å². The van der Waals surface area contributed by atoms with Crippen molar-refractivity contribution in [2.75, 3.05) is 6.16 Å². The number of carbonyl (C=O) groups excluding carboxylic acids is 1. The molecule has 38 heavy (non-hydrogen) atoms. The van der Waals surface area contributed by atoms with Gasteiger partial charge < -0.3 is 0 Å². The molecule has 5 heteroatoms. The zero-order valence-corrected chi connectivity index (χ0v) is 25.1. The van der Waals surface area contributed by atoms with Crippen molar-refractivity contribution in [2.45, 2.75) is 84.8 Å². The normalized spacial score (nSPS) is 18.2. The standard InChI is InChI=1S/C33H45N2O2P/c1-24-8-14-28(15-9-24)38(29-16-10-25(2)11-17-29,30-18-12-26(3)13-19-30)21-20-31(36)34-27-22-32(4,5)35(37)33(6,7)23-27/h8-19,27,37-38H,20-23H2,1-7H3,(H,34,36). The number of amides is 1. The Kier molecular flexibility index (Phi) is 8.19. The molecular formula is C33H45N2O2P. The fraction of sp³-hybridized carbons (Fsp3) is 0.424. The third kappa shape index (κ3) is 5.88. The monoisotopic (exact) mass is 532 g/mol. The molecule has 4 nitrogen and oxygen atoms in total. The molecule has 4 rings (SSSR count). The Bertz CT molecular complexity index is 1120. The Morgan fingerprint density at radius 3 is 1.45 bits per heavy atom. The van der Waals surface area contributed by atoms with E-state index in [0.29, 0.717) is 6.42 Å². The van der Waals surface area contributed by atoms with Crippen molar-refractivity contribution >= 4 is 29.1 Å². The fourth-order valence-corrected chi connectivity index (χ4v) is 11.1. The van der Waals surface area contributed by atoms with Gasteiger partial charge in [-0.1, -0.05) is 0 Å². The van der Waals surface area contributed by atoms with Gasteiger partial charge in [0.15, 0.2) is 0 Å². The Morgan fingerprint density at radius 2 is 1.11 bits per heavy atom. The van der Waals surface area contributed by atoms with Crippen LogP contribution in [0, 0.1) is 20.8 Å². The summed E-state index contributed by atoms with van der Waals surface area (Å²) in [7, 11) is -2.50. The number of rotatable bonds is 7. The maximum atomic E-state index is 13.6. The number of benzene rings is 3. The predicted molar refractivity (Wildman–Crippen MR) is 163 cm³/mol. The molecular weight excluding hydrogens is 487 g/mol. The minimum atomic E-state index is -2.50. The maximum absolute atomic E-state index is 13.6. The van der Waals surface area contributed by atoms with E-state index in [1.807, 2.05) is 27.7 Å². The van der Waals surface area contributed by atoms with Gasteiger partial charge in [-0.3, -0.25) is 0 Å². The van der Waals surface area contributed by atoms with E-state index in [1.54, 1.807) is 0 Å². The van der Waals surface area contributed by atoms with Gasteiger partial charge in [0.05, 0.1) is 0 Å². The Hall–Kier alpha value is -2.52. The molecule has 0 aromatic heterocycles. The van der Waals surface area contributed by atoms with E-state index in [2.05, 4.69) is 98.9 Å². The molecule has 1 amide bonds. The molecule has 0 saturated carbocycles. The molecule has 2 N–H and O–H groups in total. The second-order valence-electron chi connectivity index (χ2n) is 12.6. The minimum absolute atomic E-state index is 0.0325. The van der Waals surface area contributed by atoms with Crippen LogP contribution in [-0.2, 0) is 4.79 Å². The van der Waals surface area contributed by atoms with Gasteiger partial charge in [-0.2, -0.15) is 0 Å². The number of hydroxylamine groups is 2. The van der Waals surface area contributed by atoms with Gasteiger partial charge in [0.25, 0.3) is 0 Å². The number of nitrogens with one attached hydrogen (secondary N) is 1. The molecule has 1 aliphatic rings. The van der Waals surface area contributed by atoms with Crippen molar-refractivity contribution in [1.82, 2.24) is 10.4 Å². The van der Waals surface area contributed by atoms with E-state index in [4.69, 9.17) is 0 Å². The zero-order valence-electron chi connectivity index (χ0n) is 24.1. The van der Waals surface area contributed by atoms with Gasteiger partial charge in [0.1, 0.15) is 0 Å². The van der Waals surface area contributed by atoms with Crippen LogP contribution in [0.3, 0.4) is 0 Å². The van der Waals surface area contributed by atoms with E-state index in [0.717, 1.165) is 19.0 Å². The summed E-state index contributed by atoms with van der Waals surface area (Å²) in [5.41, 5.74) is 2.92. The molecule has 1 fully saturated rings. The van der Waals surface area contributed by atoms with Gasteiger partial charge in [0.2, 0.25) is 0 Å². The van der Waals surface area contributed by atoms with Crippen LogP contribution in [0.1, 0.15) is 63.6 Å². The molecule has 0 atom stereocenters. The van der Waals surface area contributed by atoms with Crippen molar-refractivity contribution in [3.8, 4) is 0 Å². The molecule has 1 heterocycles. The molecule has 0 spiro atoms. The molecule has 3 aromatic rings. The average molecular weight is 533 g/mol. The van der Waals surface area contributed by atoms with E-state index in [1.165, 1.54) is 37.7 Å². The van der Waals surface area contributed by atoms with E-state index < -0.39 is 18.3 Å². The van der Waals surface area contributed by atoms with Crippen LogP contribution in [0.25, 0.3) is 0 Å². The van der Waals surface area contributed by atoms with Crippen molar-refractivity contribution < 1.29 is 10.0 Å². The summed E-state index contributed by atoms with van der Waals surface area (Å²) in [5, 5.41) is 19.5. The Labute approximate surface area is 229 Å². The van der Waals surface area contributed by atoms with Crippen LogP contribution >= 0.6 is 7.26 Å². The van der Waals surface area contributed by atoms with Crippen LogP contribution in [0.15, 0.2) is 72.8 Å². The van der Waals surface area contributed by atoms with Crippen molar-refractivity contribution in [3.05, 3.63) is 89.5 Å². The first-order valence-corrected chi connectivity index (χ1v) is 16.0. The van der Waals surface area contributed by atoms with E-state index in [-0.39, 0.29) is 11.9 Å². The molecule has 1 aliphatic heterocycles. The molecule has 1 saturated heterocycles. The second-order valence-corrected chi connectivity index (χ2v) is 16.7. The quantitative estimate of drug-likeness (QED) is 0.392. The van der Waals surface area contributed by atoms with Crippen LogP contribution < -0.4 is 21.2 Å². The van der Waals surface area contributed by atoms with Crippen molar-refractivity contribution in [3.63, 3.8) is 0 Å². The predicted octanol–water partition coefficient (Wildman–Crippen LogP) is 5.56. The molecule has 0 aliphatic carbocycles.